The topological polar surface area (TPSA) is 12.0 Å². The number of nitrogens with one attached hydrogen (secondary N) is 1. The molecule has 0 aliphatic rings. The fourth-order valence-electron chi connectivity index (χ4n) is 3.24. The Bertz CT molecular complexity index is 214. The van der Waals surface area contributed by atoms with Crippen LogP contribution in [0.15, 0.2) is 0 Å². The summed E-state index contributed by atoms with van der Waals surface area (Å²) in [6.45, 7) is 13.5. The molecule has 0 amide bonds. The number of hydrogen-bond acceptors (Lipinski definition) is 1. The molecule has 4 unspecified atom stereocenters. The zero-order chi connectivity index (χ0) is 16.1. The molecular formula is C20H42N. The summed E-state index contributed by atoms with van der Waals surface area (Å²) in [6.07, 6.45) is 13.5. The van der Waals surface area contributed by atoms with Crippen molar-refractivity contribution in [1.82, 2.24) is 5.32 Å². The fraction of sp³-hybridized carbons (Fsp3) is 0.950. The predicted molar refractivity (Wildman–Crippen MR) is 97.5 cm³/mol. The van der Waals surface area contributed by atoms with E-state index in [0.717, 1.165) is 24.2 Å². The largest absolute Gasteiger partial charge is 0.317 e. The van der Waals surface area contributed by atoms with Crippen molar-refractivity contribution in [3.05, 3.63) is 6.92 Å². The molecule has 127 valence electrons. The van der Waals surface area contributed by atoms with Gasteiger partial charge in [-0.25, -0.2) is 0 Å². The Labute approximate surface area is 135 Å². The average molecular weight is 297 g/mol. The molecule has 0 aliphatic heterocycles. The lowest BCUT2D eigenvalue weighted by Crippen LogP contribution is -2.29. The smallest absolute Gasteiger partial charge is 0.00691 e. The second kappa shape index (κ2) is 13.6. The summed E-state index contributed by atoms with van der Waals surface area (Å²) < 4.78 is 0. The molecule has 4 atom stereocenters. The maximum absolute atomic E-state index is 4.02. The van der Waals surface area contributed by atoms with Gasteiger partial charge in [-0.2, -0.15) is 0 Å². The van der Waals surface area contributed by atoms with Crippen LogP contribution in [0.2, 0.25) is 0 Å². The lowest BCUT2D eigenvalue weighted by atomic mass is 9.89. The molecule has 0 rings (SSSR count). The van der Waals surface area contributed by atoms with Gasteiger partial charge < -0.3 is 5.32 Å². The highest BCUT2D eigenvalue weighted by Crippen LogP contribution is 2.22. The van der Waals surface area contributed by atoms with Crippen molar-refractivity contribution in [2.75, 3.05) is 7.05 Å². The summed E-state index contributed by atoms with van der Waals surface area (Å²) in [5.74, 6) is 2.52. The third-order valence-corrected chi connectivity index (χ3v) is 4.97. The standard InChI is InChI=1S/C20H42N/c1-7-9-10-12-18(4)13-11-14-19(5)16-20(21-6)15-17(3)8-2/h17-21H,2,7-16H2,1,3-6H3. The average Bonchev–Trinajstić information content (AvgIpc) is 2.46. The lowest BCUT2D eigenvalue weighted by Gasteiger charge is -2.23. The van der Waals surface area contributed by atoms with Crippen molar-refractivity contribution in [3.8, 4) is 0 Å². The molecule has 0 saturated carbocycles. The van der Waals surface area contributed by atoms with Crippen molar-refractivity contribution >= 4 is 0 Å². The first kappa shape index (κ1) is 21.0. The molecule has 0 aliphatic carbocycles. The summed E-state index contributed by atoms with van der Waals surface area (Å²) in [4.78, 5) is 0. The van der Waals surface area contributed by atoms with E-state index in [9.17, 15) is 0 Å². The van der Waals surface area contributed by atoms with Gasteiger partial charge in [-0.15, -0.1) is 0 Å². The van der Waals surface area contributed by atoms with Gasteiger partial charge >= 0.3 is 0 Å². The third-order valence-electron chi connectivity index (χ3n) is 4.97. The van der Waals surface area contributed by atoms with E-state index in [1.54, 1.807) is 0 Å². The van der Waals surface area contributed by atoms with Crippen LogP contribution >= 0.6 is 0 Å². The van der Waals surface area contributed by atoms with Gasteiger partial charge in [0, 0.05) is 6.04 Å². The molecule has 1 heteroatoms. The second-order valence-corrected chi connectivity index (χ2v) is 7.49. The molecular weight excluding hydrogens is 254 g/mol. The molecule has 1 radical (unpaired) electrons. The van der Waals surface area contributed by atoms with Crippen LogP contribution < -0.4 is 5.32 Å². The Morgan fingerprint density at radius 1 is 0.810 bits per heavy atom. The van der Waals surface area contributed by atoms with Crippen LogP contribution in [0.1, 0.15) is 91.9 Å². The molecule has 0 saturated heterocycles. The molecule has 0 aromatic carbocycles. The van der Waals surface area contributed by atoms with Crippen LogP contribution in [0.4, 0.5) is 0 Å². The van der Waals surface area contributed by atoms with Crippen LogP contribution in [0, 0.1) is 24.7 Å². The normalized spacial score (nSPS) is 17.4. The first-order valence-corrected chi connectivity index (χ1v) is 9.49. The summed E-state index contributed by atoms with van der Waals surface area (Å²) in [5, 5.41) is 3.50. The van der Waals surface area contributed by atoms with E-state index in [2.05, 4.69) is 47.0 Å². The molecule has 0 spiro atoms. The monoisotopic (exact) mass is 296 g/mol. The molecule has 0 fully saturated rings. The number of rotatable bonds is 14. The minimum Gasteiger partial charge on any atom is -0.317 e. The van der Waals surface area contributed by atoms with E-state index in [0.29, 0.717) is 6.04 Å². The highest BCUT2D eigenvalue weighted by Gasteiger charge is 2.14. The van der Waals surface area contributed by atoms with Crippen LogP contribution in [-0.2, 0) is 0 Å². The van der Waals surface area contributed by atoms with Crippen molar-refractivity contribution in [2.45, 2.75) is 97.9 Å². The van der Waals surface area contributed by atoms with E-state index >= 15 is 0 Å². The molecule has 0 aromatic rings. The Morgan fingerprint density at radius 3 is 1.95 bits per heavy atom. The first-order chi connectivity index (χ1) is 10.0. The highest BCUT2D eigenvalue weighted by atomic mass is 14.9. The predicted octanol–water partition coefficient (Wildman–Crippen LogP) is 6.24. The molecule has 21 heavy (non-hydrogen) atoms. The molecule has 1 N–H and O–H groups in total. The van der Waals surface area contributed by atoms with Gasteiger partial charge in [-0.3, -0.25) is 0 Å². The van der Waals surface area contributed by atoms with Gasteiger partial charge in [-0.05, 0) is 37.6 Å². The second-order valence-electron chi connectivity index (χ2n) is 7.49. The highest BCUT2D eigenvalue weighted by molar-refractivity contribution is 4.72. The van der Waals surface area contributed by atoms with Crippen molar-refractivity contribution in [3.63, 3.8) is 0 Å². The quantitative estimate of drug-likeness (QED) is 0.374. The van der Waals surface area contributed by atoms with E-state index < -0.39 is 0 Å². The minimum atomic E-state index is 0.679. The Kier molecular flexibility index (Phi) is 13.6. The van der Waals surface area contributed by atoms with Crippen LogP contribution in [0.5, 0.6) is 0 Å². The Hall–Kier alpha value is -0.0400. The third kappa shape index (κ3) is 12.2. The molecule has 0 bridgehead atoms. The van der Waals surface area contributed by atoms with Gasteiger partial charge in [0.15, 0.2) is 0 Å². The van der Waals surface area contributed by atoms with Crippen LogP contribution in [0.25, 0.3) is 0 Å². The van der Waals surface area contributed by atoms with E-state index in [-0.39, 0.29) is 0 Å². The zero-order valence-corrected chi connectivity index (χ0v) is 15.6. The summed E-state index contributed by atoms with van der Waals surface area (Å²) in [5.41, 5.74) is 0. The van der Waals surface area contributed by atoms with Crippen LogP contribution in [0.3, 0.4) is 0 Å². The lowest BCUT2D eigenvalue weighted by molar-refractivity contribution is 0.332. The van der Waals surface area contributed by atoms with E-state index in [4.69, 9.17) is 0 Å². The summed E-state index contributed by atoms with van der Waals surface area (Å²) in [6, 6.07) is 0.679. The minimum absolute atomic E-state index is 0.679. The number of unbranched alkanes of at least 4 members (excludes halogenated alkanes) is 2. The molecule has 1 nitrogen and oxygen atoms in total. The molecule has 0 aromatic heterocycles. The Morgan fingerprint density at radius 2 is 1.38 bits per heavy atom. The fourth-order valence-corrected chi connectivity index (χ4v) is 3.24. The van der Waals surface area contributed by atoms with Gasteiger partial charge in [0.1, 0.15) is 0 Å². The number of hydrogen-bond donors (Lipinski definition) is 1. The van der Waals surface area contributed by atoms with Crippen molar-refractivity contribution in [2.24, 2.45) is 17.8 Å². The Balaban J connectivity index is 3.74. The first-order valence-electron chi connectivity index (χ1n) is 9.49. The van der Waals surface area contributed by atoms with Crippen molar-refractivity contribution in [1.29, 1.82) is 0 Å². The van der Waals surface area contributed by atoms with Gasteiger partial charge in [0.25, 0.3) is 0 Å². The SMILES string of the molecule is [CH2]CC(C)CC(CC(C)CCCC(C)CCCCC)NC. The molecule has 0 heterocycles. The zero-order valence-electron chi connectivity index (χ0n) is 15.6. The van der Waals surface area contributed by atoms with Crippen molar-refractivity contribution < 1.29 is 0 Å². The van der Waals surface area contributed by atoms with E-state index in [1.165, 1.54) is 57.8 Å². The van der Waals surface area contributed by atoms with Gasteiger partial charge in [-0.1, -0.05) is 86.0 Å². The maximum atomic E-state index is 4.02. The van der Waals surface area contributed by atoms with E-state index in [1.807, 2.05) is 0 Å². The van der Waals surface area contributed by atoms with Gasteiger partial charge in [0.2, 0.25) is 0 Å². The van der Waals surface area contributed by atoms with Gasteiger partial charge in [0.05, 0.1) is 0 Å². The summed E-state index contributed by atoms with van der Waals surface area (Å²) in [7, 11) is 2.11. The summed E-state index contributed by atoms with van der Waals surface area (Å²) >= 11 is 0. The van der Waals surface area contributed by atoms with Crippen LogP contribution in [-0.4, -0.2) is 13.1 Å². The maximum Gasteiger partial charge on any atom is 0.00691 e.